The Labute approximate surface area is 103 Å². The summed E-state index contributed by atoms with van der Waals surface area (Å²) >= 11 is 0. The monoisotopic (exact) mass is 246 g/mol. The first-order valence-corrected chi connectivity index (χ1v) is 9.30. The molecule has 2 nitrogen and oxygen atoms in total. The van der Waals surface area contributed by atoms with Gasteiger partial charge in [0, 0.05) is 5.56 Å². The summed E-state index contributed by atoms with van der Waals surface area (Å²) < 4.78 is 5.57. The molecule has 0 bridgehead atoms. The van der Waals surface area contributed by atoms with E-state index in [9.17, 15) is 5.11 Å². The van der Waals surface area contributed by atoms with Gasteiger partial charge in [-0.2, -0.15) is 0 Å². The average Bonchev–Trinajstić information content (AvgIpc) is 2.78. The van der Waals surface area contributed by atoms with Gasteiger partial charge in [0.15, 0.2) is 0 Å². The van der Waals surface area contributed by atoms with E-state index >= 15 is 0 Å². The van der Waals surface area contributed by atoms with Gasteiger partial charge in [-0.1, -0.05) is 50.0 Å². The maximum absolute atomic E-state index is 10.2. The molecule has 1 aromatic carbocycles. The highest BCUT2D eigenvalue weighted by Gasteiger charge is 2.23. The van der Waals surface area contributed by atoms with Crippen molar-refractivity contribution in [1.29, 1.82) is 0 Å². The molecule has 0 amide bonds. The summed E-state index contributed by atoms with van der Waals surface area (Å²) in [5.74, 6) is 0. The van der Waals surface area contributed by atoms with E-state index in [1.807, 2.05) is 36.4 Å². The van der Waals surface area contributed by atoms with E-state index in [-0.39, 0.29) is 0 Å². The van der Waals surface area contributed by atoms with Crippen LogP contribution in [0.3, 0.4) is 0 Å². The van der Waals surface area contributed by atoms with E-state index in [2.05, 4.69) is 19.6 Å². The smallest absolute Gasteiger partial charge is 0.123 e. The summed E-state index contributed by atoms with van der Waals surface area (Å²) in [5.41, 5.74) is 1.74. The fourth-order valence-electron chi connectivity index (χ4n) is 1.72. The second-order valence-corrected chi connectivity index (χ2v) is 10.3. The van der Waals surface area contributed by atoms with Crippen LogP contribution in [-0.2, 0) is 0 Å². The van der Waals surface area contributed by atoms with Crippen LogP contribution < -0.4 is 5.38 Å². The Balaban J connectivity index is 2.27. The number of rotatable bonds is 3. The lowest BCUT2D eigenvalue weighted by Gasteiger charge is -2.11. The molecule has 17 heavy (non-hydrogen) atoms. The SMILES string of the molecule is C[Si](C)(C)c1cc(C(O)c2ccccc2)co1. The maximum atomic E-state index is 10.2. The number of benzene rings is 1. The second-order valence-electron chi connectivity index (χ2n) is 5.31. The normalized spacial score (nSPS) is 13.6. The van der Waals surface area contributed by atoms with Crippen LogP contribution in [0, 0.1) is 0 Å². The van der Waals surface area contributed by atoms with E-state index in [1.165, 1.54) is 0 Å². The van der Waals surface area contributed by atoms with Gasteiger partial charge < -0.3 is 9.52 Å². The predicted molar refractivity (Wildman–Crippen MR) is 72.2 cm³/mol. The molecule has 2 aromatic rings. The molecule has 0 saturated carbocycles. The predicted octanol–water partition coefficient (Wildman–Crippen LogP) is 2.91. The van der Waals surface area contributed by atoms with Gasteiger partial charge in [-0.05, 0) is 11.6 Å². The van der Waals surface area contributed by atoms with Crippen molar-refractivity contribution in [2.24, 2.45) is 0 Å². The molecule has 1 atom stereocenters. The van der Waals surface area contributed by atoms with Crippen LogP contribution in [0.15, 0.2) is 47.1 Å². The van der Waals surface area contributed by atoms with Gasteiger partial charge in [-0.15, -0.1) is 0 Å². The van der Waals surface area contributed by atoms with Crippen LogP contribution in [0.2, 0.25) is 19.6 Å². The van der Waals surface area contributed by atoms with Gasteiger partial charge in [0.25, 0.3) is 0 Å². The van der Waals surface area contributed by atoms with Gasteiger partial charge in [-0.3, -0.25) is 0 Å². The maximum Gasteiger partial charge on any atom is 0.123 e. The molecule has 0 saturated heterocycles. The zero-order chi connectivity index (χ0) is 12.5. The summed E-state index contributed by atoms with van der Waals surface area (Å²) in [6.45, 7) is 6.68. The zero-order valence-corrected chi connectivity index (χ0v) is 11.5. The van der Waals surface area contributed by atoms with Crippen LogP contribution >= 0.6 is 0 Å². The summed E-state index contributed by atoms with van der Waals surface area (Å²) in [6, 6.07) is 11.6. The highest BCUT2D eigenvalue weighted by Crippen LogP contribution is 2.22. The van der Waals surface area contributed by atoms with Crippen LogP contribution in [0.5, 0.6) is 0 Å². The number of aliphatic hydroxyl groups excluding tert-OH is 1. The minimum absolute atomic E-state index is 0.593. The molecule has 0 radical (unpaired) electrons. The molecule has 1 N–H and O–H groups in total. The lowest BCUT2D eigenvalue weighted by molar-refractivity contribution is 0.219. The number of aliphatic hydroxyl groups is 1. The molecule has 0 aliphatic carbocycles. The van der Waals surface area contributed by atoms with Crippen LogP contribution in [0.25, 0.3) is 0 Å². The van der Waals surface area contributed by atoms with Crippen LogP contribution in [-0.4, -0.2) is 13.2 Å². The lowest BCUT2D eigenvalue weighted by Crippen LogP contribution is -2.36. The Morgan fingerprint density at radius 3 is 2.24 bits per heavy atom. The fraction of sp³-hybridized carbons (Fsp3) is 0.286. The highest BCUT2D eigenvalue weighted by molar-refractivity contribution is 6.87. The van der Waals surface area contributed by atoms with Crippen LogP contribution in [0.4, 0.5) is 0 Å². The van der Waals surface area contributed by atoms with Crippen LogP contribution in [0.1, 0.15) is 17.2 Å². The van der Waals surface area contributed by atoms with E-state index in [4.69, 9.17) is 4.42 Å². The molecular formula is C14H18O2Si. The summed E-state index contributed by atoms with van der Waals surface area (Å²) in [4.78, 5) is 0. The number of hydrogen-bond donors (Lipinski definition) is 1. The number of hydrogen-bond acceptors (Lipinski definition) is 2. The van der Waals surface area contributed by atoms with Crippen molar-refractivity contribution in [3.05, 3.63) is 53.8 Å². The van der Waals surface area contributed by atoms with Crippen molar-refractivity contribution in [3.8, 4) is 0 Å². The van der Waals surface area contributed by atoms with Crippen molar-refractivity contribution in [1.82, 2.24) is 0 Å². The standard InChI is InChI=1S/C14H18O2Si/c1-17(2,3)13-9-12(10-16-13)14(15)11-7-5-4-6-8-11/h4-10,14-15H,1-3H3. The first-order valence-electron chi connectivity index (χ1n) is 5.80. The minimum Gasteiger partial charge on any atom is -0.474 e. The van der Waals surface area contributed by atoms with Crippen molar-refractivity contribution >= 4 is 13.5 Å². The third-order valence-electron chi connectivity index (χ3n) is 2.79. The molecule has 1 unspecified atom stereocenters. The molecule has 1 heterocycles. The molecule has 0 aliphatic rings. The Kier molecular flexibility index (Phi) is 3.22. The van der Waals surface area contributed by atoms with Crippen molar-refractivity contribution in [2.75, 3.05) is 0 Å². The molecule has 2 rings (SSSR count). The quantitative estimate of drug-likeness (QED) is 0.845. The molecule has 90 valence electrons. The first-order chi connectivity index (χ1) is 7.98. The Hall–Kier alpha value is -1.32. The average molecular weight is 246 g/mol. The summed E-state index contributed by atoms with van der Waals surface area (Å²) in [7, 11) is -1.44. The topological polar surface area (TPSA) is 33.4 Å². The van der Waals surface area contributed by atoms with Gasteiger partial charge in [0.1, 0.15) is 14.2 Å². The number of furan rings is 1. The molecule has 1 aromatic heterocycles. The summed E-state index contributed by atoms with van der Waals surface area (Å²) in [6.07, 6.45) is 1.08. The molecular weight excluding hydrogens is 228 g/mol. The van der Waals surface area contributed by atoms with Gasteiger partial charge in [-0.25, -0.2) is 0 Å². The third kappa shape index (κ3) is 2.68. The van der Waals surface area contributed by atoms with Crippen molar-refractivity contribution in [3.63, 3.8) is 0 Å². The van der Waals surface area contributed by atoms with Crippen molar-refractivity contribution in [2.45, 2.75) is 25.7 Å². The third-order valence-corrected chi connectivity index (χ3v) is 4.53. The second kappa shape index (κ2) is 4.51. The van der Waals surface area contributed by atoms with E-state index in [1.54, 1.807) is 6.26 Å². The zero-order valence-electron chi connectivity index (χ0n) is 10.5. The van der Waals surface area contributed by atoms with E-state index in [0.29, 0.717) is 0 Å². The highest BCUT2D eigenvalue weighted by atomic mass is 28.3. The molecule has 3 heteroatoms. The van der Waals surface area contributed by atoms with E-state index in [0.717, 1.165) is 16.5 Å². The fourth-order valence-corrected chi connectivity index (χ4v) is 2.73. The lowest BCUT2D eigenvalue weighted by atomic mass is 10.0. The largest absolute Gasteiger partial charge is 0.474 e. The van der Waals surface area contributed by atoms with Crippen molar-refractivity contribution < 1.29 is 9.52 Å². The van der Waals surface area contributed by atoms with Gasteiger partial charge >= 0.3 is 0 Å². The summed E-state index contributed by atoms with van der Waals surface area (Å²) in [5, 5.41) is 11.3. The van der Waals surface area contributed by atoms with Gasteiger partial charge in [0.05, 0.1) is 11.6 Å². The molecule has 0 spiro atoms. The molecule has 0 fully saturated rings. The minimum atomic E-state index is -1.44. The Morgan fingerprint density at radius 1 is 1.06 bits per heavy atom. The van der Waals surface area contributed by atoms with E-state index < -0.39 is 14.2 Å². The Bertz CT molecular complexity index is 482. The first kappa shape index (κ1) is 12.1. The van der Waals surface area contributed by atoms with Gasteiger partial charge in [0.2, 0.25) is 0 Å². The Morgan fingerprint density at radius 2 is 1.71 bits per heavy atom. The molecule has 0 aliphatic heterocycles.